The molecule has 0 aromatic carbocycles. The first-order valence-electron chi connectivity index (χ1n) is 6.13. The van der Waals surface area contributed by atoms with E-state index in [0.29, 0.717) is 0 Å². The molecule has 2 rings (SSSR count). The molecule has 1 aliphatic carbocycles. The van der Waals surface area contributed by atoms with Gasteiger partial charge in [-0.05, 0) is 45.4 Å². The van der Waals surface area contributed by atoms with Crippen molar-refractivity contribution in [3.05, 3.63) is 21.4 Å². The summed E-state index contributed by atoms with van der Waals surface area (Å²) in [6.45, 7) is 7.69. The summed E-state index contributed by atoms with van der Waals surface area (Å²) in [5, 5.41) is 3.53. The monoisotopic (exact) mass is 238 g/mol. The van der Waals surface area contributed by atoms with Crippen molar-refractivity contribution in [3.63, 3.8) is 0 Å². The molecule has 16 heavy (non-hydrogen) atoms. The molecule has 1 saturated carbocycles. The van der Waals surface area contributed by atoms with Crippen molar-refractivity contribution in [1.29, 1.82) is 0 Å². The van der Waals surface area contributed by atoms with E-state index in [1.54, 1.807) is 0 Å². The Labute approximate surface area is 103 Å². The van der Waals surface area contributed by atoms with E-state index < -0.39 is 0 Å². The topological polar surface area (TPSA) is 15.3 Å². The molecule has 2 nitrogen and oxygen atoms in total. The maximum Gasteiger partial charge on any atom is 0.0217 e. The summed E-state index contributed by atoms with van der Waals surface area (Å²) < 4.78 is 0. The zero-order valence-electron chi connectivity index (χ0n) is 10.5. The second-order valence-corrected chi connectivity index (χ2v) is 6.29. The first-order chi connectivity index (χ1) is 7.66. The molecule has 0 bridgehead atoms. The summed E-state index contributed by atoms with van der Waals surface area (Å²) in [5.41, 5.74) is 1.47. The largest absolute Gasteiger partial charge is 0.311 e. The van der Waals surface area contributed by atoms with Crippen LogP contribution in [-0.2, 0) is 6.54 Å². The van der Waals surface area contributed by atoms with E-state index in [1.807, 2.05) is 11.3 Å². The Kier molecular flexibility index (Phi) is 4.00. The van der Waals surface area contributed by atoms with E-state index in [9.17, 15) is 0 Å². The third kappa shape index (κ3) is 3.30. The van der Waals surface area contributed by atoms with Crippen LogP contribution in [0.5, 0.6) is 0 Å². The number of likely N-dealkylation sites (N-methyl/N-ethyl adjacent to an activating group) is 1. The van der Waals surface area contributed by atoms with Gasteiger partial charge in [0.1, 0.15) is 0 Å². The van der Waals surface area contributed by atoms with Crippen molar-refractivity contribution < 1.29 is 0 Å². The fourth-order valence-corrected chi connectivity index (χ4v) is 2.98. The third-order valence-electron chi connectivity index (χ3n) is 3.27. The summed E-state index contributed by atoms with van der Waals surface area (Å²) in [5.74, 6) is 0. The molecule has 1 aliphatic rings. The quantitative estimate of drug-likeness (QED) is 0.766. The van der Waals surface area contributed by atoms with E-state index >= 15 is 0 Å². The molecule has 0 saturated heterocycles. The van der Waals surface area contributed by atoms with Crippen molar-refractivity contribution in [2.75, 3.05) is 20.1 Å². The van der Waals surface area contributed by atoms with Crippen LogP contribution in [0, 0.1) is 13.8 Å². The SMILES string of the molecule is Cc1cc(CNCCN(C)C2CC2)c(C)s1. The Bertz CT molecular complexity index is 342. The van der Waals surface area contributed by atoms with E-state index in [1.165, 1.54) is 34.7 Å². The Hall–Kier alpha value is -0.380. The standard InChI is InChI=1S/C13H22N2S/c1-10-8-12(11(2)16-10)9-14-6-7-15(3)13-4-5-13/h8,13-14H,4-7,9H2,1-3H3. The minimum absolute atomic E-state index is 0.881. The highest BCUT2D eigenvalue weighted by Gasteiger charge is 2.25. The highest BCUT2D eigenvalue weighted by atomic mass is 32.1. The van der Waals surface area contributed by atoms with Gasteiger partial charge in [0.2, 0.25) is 0 Å². The number of rotatable bonds is 6. The minimum atomic E-state index is 0.881. The average molecular weight is 238 g/mol. The molecule has 1 heterocycles. The first-order valence-corrected chi connectivity index (χ1v) is 6.95. The molecule has 0 aliphatic heterocycles. The van der Waals surface area contributed by atoms with Crippen molar-refractivity contribution in [2.24, 2.45) is 0 Å². The molecule has 1 N–H and O–H groups in total. The van der Waals surface area contributed by atoms with Crippen molar-refractivity contribution in [1.82, 2.24) is 10.2 Å². The summed E-state index contributed by atoms with van der Waals surface area (Å²) in [7, 11) is 2.24. The molecule has 0 spiro atoms. The number of thiophene rings is 1. The van der Waals surface area contributed by atoms with E-state index in [2.05, 4.69) is 37.2 Å². The van der Waals surface area contributed by atoms with Gasteiger partial charge < -0.3 is 10.2 Å². The van der Waals surface area contributed by atoms with Gasteiger partial charge in [-0.15, -0.1) is 11.3 Å². The van der Waals surface area contributed by atoms with Gasteiger partial charge in [0, 0.05) is 35.4 Å². The summed E-state index contributed by atoms with van der Waals surface area (Å²) >= 11 is 1.90. The molecule has 0 radical (unpaired) electrons. The van der Waals surface area contributed by atoms with E-state index in [4.69, 9.17) is 0 Å². The average Bonchev–Trinajstić information content (AvgIpc) is 3.01. The predicted octanol–water partition coefficient (Wildman–Crippen LogP) is 2.55. The Morgan fingerprint density at radius 2 is 2.19 bits per heavy atom. The second kappa shape index (κ2) is 5.30. The van der Waals surface area contributed by atoms with Gasteiger partial charge in [-0.2, -0.15) is 0 Å². The normalized spacial score (nSPS) is 16.0. The number of nitrogens with zero attached hydrogens (tertiary/aromatic N) is 1. The van der Waals surface area contributed by atoms with E-state index in [-0.39, 0.29) is 0 Å². The molecule has 3 heteroatoms. The lowest BCUT2D eigenvalue weighted by atomic mass is 10.2. The molecule has 1 aromatic rings. The van der Waals surface area contributed by atoms with Crippen LogP contribution >= 0.6 is 11.3 Å². The van der Waals surface area contributed by atoms with Crippen LogP contribution in [-0.4, -0.2) is 31.1 Å². The van der Waals surface area contributed by atoms with Crippen LogP contribution in [0.15, 0.2) is 6.07 Å². The lowest BCUT2D eigenvalue weighted by Crippen LogP contribution is -2.30. The number of aryl methyl sites for hydroxylation is 2. The first kappa shape index (κ1) is 12.1. The Morgan fingerprint density at radius 3 is 2.75 bits per heavy atom. The summed E-state index contributed by atoms with van der Waals surface area (Å²) in [6, 6.07) is 3.18. The third-order valence-corrected chi connectivity index (χ3v) is 4.28. The molecule has 1 fully saturated rings. The van der Waals surface area contributed by atoms with Crippen LogP contribution < -0.4 is 5.32 Å². The van der Waals surface area contributed by atoms with Gasteiger partial charge >= 0.3 is 0 Å². The molecular formula is C13H22N2S. The summed E-state index contributed by atoms with van der Waals surface area (Å²) in [6.07, 6.45) is 2.80. The maximum atomic E-state index is 3.53. The smallest absolute Gasteiger partial charge is 0.0217 e. The Morgan fingerprint density at radius 1 is 1.44 bits per heavy atom. The highest BCUT2D eigenvalue weighted by molar-refractivity contribution is 7.12. The van der Waals surface area contributed by atoms with Gasteiger partial charge in [-0.25, -0.2) is 0 Å². The fraction of sp³-hybridized carbons (Fsp3) is 0.692. The van der Waals surface area contributed by atoms with Gasteiger partial charge in [-0.3, -0.25) is 0 Å². The van der Waals surface area contributed by atoms with E-state index in [0.717, 1.165) is 19.1 Å². The fourth-order valence-electron chi connectivity index (χ4n) is 2.04. The van der Waals surface area contributed by atoms with Crippen LogP contribution in [0.1, 0.15) is 28.2 Å². The lowest BCUT2D eigenvalue weighted by Gasteiger charge is -2.15. The minimum Gasteiger partial charge on any atom is -0.311 e. The molecule has 0 amide bonds. The van der Waals surface area contributed by atoms with Crippen LogP contribution in [0.25, 0.3) is 0 Å². The van der Waals surface area contributed by atoms with Crippen molar-refractivity contribution >= 4 is 11.3 Å². The van der Waals surface area contributed by atoms with Crippen molar-refractivity contribution in [3.8, 4) is 0 Å². The zero-order chi connectivity index (χ0) is 11.5. The van der Waals surface area contributed by atoms with Crippen LogP contribution in [0.4, 0.5) is 0 Å². The highest BCUT2D eigenvalue weighted by Crippen LogP contribution is 2.24. The summed E-state index contributed by atoms with van der Waals surface area (Å²) in [4.78, 5) is 5.35. The Balaban J connectivity index is 1.65. The van der Waals surface area contributed by atoms with Gasteiger partial charge in [0.15, 0.2) is 0 Å². The van der Waals surface area contributed by atoms with Crippen LogP contribution in [0.2, 0.25) is 0 Å². The second-order valence-electron chi connectivity index (χ2n) is 4.83. The number of nitrogens with one attached hydrogen (secondary N) is 1. The molecule has 0 atom stereocenters. The maximum absolute atomic E-state index is 3.53. The zero-order valence-corrected chi connectivity index (χ0v) is 11.4. The number of hydrogen-bond acceptors (Lipinski definition) is 3. The van der Waals surface area contributed by atoms with Crippen LogP contribution in [0.3, 0.4) is 0 Å². The van der Waals surface area contributed by atoms with Gasteiger partial charge in [0.05, 0.1) is 0 Å². The number of hydrogen-bond donors (Lipinski definition) is 1. The molecular weight excluding hydrogens is 216 g/mol. The molecule has 1 aromatic heterocycles. The molecule has 90 valence electrons. The van der Waals surface area contributed by atoms with Gasteiger partial charge in [0.25, 0.3) is 0 Å². The predicted molar refractivity (Wildman–Crippen MR) is 71.2 cm³/mol. The van der Waals surface area contributed by atoms with Crippen molar-refractivity contribution in [2.45, 2.75) is 39.3 Å². The molecule has 0 unspecified atom stereocenters. The lowest BCUT2D eigenvalue weighted by molar-refractivity contribution is 0.321. The van der Waals surface area contributed by atoms with Gasteiger partial charge in [-0.1, -0.05) is 0 Å².